The van der Waals surface area contributed by atoms with Crippen molar-refractivity contribution in [3.63, 3.8) is 0 Å². The number of carbonyl (C=O) groups is 2. The van der Waals surface area contributed by atoms with Crippen LogP contribution in [0.15, 0.2) is 23.2 Å². The Bertz CT molecular complexity index is 671. The van der Waals surface area contributed by atoms with Gasteiger partial charge in [0.1, 0.15) is 17.4 Å². The highest BCUT2D eigenvalue weighted by molar-refractivity contribution is 6.09. The molecule has 1 N–H and O–H groups in total. The van der Waals surface area contributed by atoms with Crippen LogP contribution in [0.25, 0.3) is 0 Å². The van der Waals surface area contributed by atoms with Gasteiger partial charge in [-0.05, 0) is 31.5 Å². The molecule has 2 unspecified atom stereocenters. The van der Waals surface area contributed by atoms with Crippen LogP contribution in [0.3, 0.4) is 0 Å². The molecular formula is C18H24N2O5. The Morgan fingerprint density at radius 1 is 1.24 bits per heavy atom. The summed E-state index contributed by atoms with van der Waals surface area (Å²) in [5.74, 6) is 0.0496. The van der Waals surface area contributed by atoms with E-state index in [1.54, 1.807) is 32.2 Å². The molecule has 2 amide bonds. The first-order valence-electron chi connectivity index (χ1n) is 8.32. The molecule has 25 heavy (non-hydrogen) atoms. The van der Waals surface area contributed by atoms with Gasteiger partial charge in [-0.25, -0.2) is 9.79 Å². The highest BCUT2D eigenvalue weighted by Crippen LogP contribution is 2.36. The third-order valence-corrected chi connectivity index (χ3v) is 4.04. The Labute approximate surface area is 147 Å². The summed E-state index contributed by atoms with van der Waals surface area (Å²) in [7, 11) is 3.09. The first-order valence-corrected chi connectivity index (χ1v) is 8.32. The van der Waals surface area contributed by atoms with Crippen LogP contribution in [0, 0.1) is 5.92 Å². The maximum atomic E-state index is 12.6. The lowest BCUT2D eigenvalue weighted by molar-refractivity contribution is -0.146. The molecule has 1 aromatic carbocycles. The van der Waals surface area contributed by atoms with Crippen LogP contribution in [0.5, 0.6) is 11.5 Å². The minimum absolute atomic E-state index is 0.255. The molecule has 0 bridgehead atoms. The van der Waals surface area contributed by atoms with Crippen molar-refractivity contribution in [3.05, 3.63) is 23.8 Å². The summed E-state index contributed by atoms with van der Waals surface area (Å²) < 4.78 is 15.9. The zero-order chi connectivity index (χ0) is 18.4. The van der Waals surface area contributed by atoms with Crippen molar-refractivity contribution in [2.75, 3.05) is 20.8 Å². The number of nitrogens with one attached hydrogen (secondary N) is 1. The summed E-state index contributed by atoms with van der Waals surface area (Å²) in [4.78, 5) is 28.7. The van der Waals surface area contributed by atoms with Gasteiger partial charge >= 0.3 is 12.0 Å². The number of rotatable bonds is 7. The van der Waals surface area contributed by atoms with Crippen molar-refractivity contribution in [2.45, 2.75) is 32.7 Å². The number of urea groups is 1. The average Bonchev–Trinajstić information content (AvgIpc) is 2.61. The van der Waals surface area contributed by atoms with Crippen LogP contribution in [-0.2, 0) is 9.53 Å². The van der Waals surface area contributed by atoms with Gasteiger partial charge < -0.3 is 19.5 Å². The Morgan fingerprint density at radius 2 is 2.00 bits per heavy atom. The molecule has 0 aromatic heterocycles. The zero-order valence-corrected chi connectivity index (χ0v) is 15.0. The van der Waals surface area contributed by atoms with E-state index in [9.17, 15) is 9.59 Å². The second-order valence-electron chi connectivity index (χ2n) is 5.62. The number of carbonyl (C=O) groups excluding carboxylic acids is 2. The first-order chi connectivity index (χ1) is 12.0. The number of nitrogens with zero attached hydrogens (tertiary/aromatic N) is 1. The van der Waals surface area contributed by atoms with Crippen LogP contribution in [-0.4, -0.2) is 38.5 Å². The van der Waals surface area contributed by atoms with E-state index >= 15 is 0 Å². The number of hydrogen-bond acceptors (Lipinski definition) is 5. The fourth-order valence-electron chi connectivity index (χ4n) is 2.95. The lowest BCUT2D eigenvalue weighted by atomic mass is 9.85. The van der Waals surface area contributed by atoms with Crippen LogP contribution in [0.4, 0.5) is 4.79 Å². The molecule has 0 saturated heterocycles. The van der Waals surface area contributed by atoms with Gasteiger partial charge in [-0.15, -0.1) is 0 Å². The normalized spacial score (nSPS) is 19.7. The van der Waals surface area contributed by atoms with E-state index in [-0.39, 0.29) is 6.61 Å². The Balaban J connectivity index is 2.54. The van der Waals surface area contributed by atoms with Gasteiger partial charge in [-0.1, -0.05) is 13.3 Å². The quantitative estimate of drug-likeness (QED) is 0.766. The smallest absolute Gasteiger partial charge is 0.341 e. The molecule has 0 saturated carbocycles. The lowest BCUT2D eigenvalue weighted by Gasteiger charge is -2.31. The fourth-order valence-corrected chi connectivity index (χ4v) is 2.95. The molecule has 1 aliphatic rings. The Kier molecular flexibility index (Phi) is 6.38. The molecule has 136 valence electrons. The maximum absolute atomic E-state index is 12.6. The summed E-state index contributed by atoms with van der Waals surface area (Å²) in [6.07, 6.45) is 1.31. The number of aliphatic imine (C=N–C) groups is 1. The minimum atomic E-state index is -0.696. The molecule has 1 aromatic rings. The van der Waals surface area contributed by atoms with Gasteiger partial charge in [-0.2, -0.15) is 0 Å². The van der Waals surface area contributed by atoms with E-state index in [1.807, 2.05) is 6.92 Å². The molecule has 1 heterocycles. The van der Waals surface area contributed by atoms with Crippen molar-refractivity contribution in [1.82, 2.24) is 5.32 Å². The number of ether oxygens (including phenoxy) is 3. The van der Waals surface area contributed by atoms with Crippen LogP contribution in [0.2, 0.25) is 0 Å². The second kappa shape index (κ2) is 8.50. The zero-order valence-electron chi connectivity index (χ0n) is 15.0. The van der Waals surface area contributed by atoms with Gasteiger partial charge in [0.2, 0.25) is 0 Å². The summed E-state index contributed by atoms with van der Waals surface area (Å²) in [6.45, 7) is 3.97. The van der Waals surface area contributed by atoms with Gasteiger partial charge in [0, 0.05) is 11.3 Å². The van der Waals surface area contributed by atoms with Crippen LogP contribution < -0.4 is 14.8 Å². The van der Waals surface area contributed by atoms with Gasteiger partial charge in [0.05, 0.1) is 26.9 Å². The van der Waals surface area contributed by atoms with E-state index in [4.69, 9.17) is 14.2 Å². The van der Waals surface area contributed by atoms with E-state index in [0.717, 1.165) is 6.42 Å². The SMILES string of the molecule is CCCC1=NC(=O)NC(c2cc(OC)ccc2OC)C1C(=O)OCC. The molecule has 7 nitrogen and oxygen atoms in total. The fraction of sp³-hybridized carbons (Fsp3) is 0.500. The van der Waals surface area contributed by atoms with Crippen LogP contribution >= 0.6 is 0 Å². The second-order valence-corrected chi connectivity index (χ2v) is 5.62. The standard InChI is InChI=1S/C18H24N2O5/c1-5-7-13-15(17(21)25-6-2)16(20-18(22)19-13)12-10-11(23-3)8-9-14(12)24-4/h8-10,15-16H,5-7H2,1-4H3,(H,20,22). The monoisotopic (exact) mass is 348 g/mol. The Hall–Kier alpha value is -2.57. The molecule has 0 aliphatic carbocycles. The van der Waals surface area contributed by atoms with Gasteiger partial charge in [0.15, 0.2) is 0 Å². The van der Waals surface area contributed by atoms with E-state index in [0.29, 0.717) is 29.2 Å². The van der Waals surface area contributed by atoms with Crippen molar-refractivity contribution in [2.24, 2.45) is 10.9 Å². The number of esters is 1. The van der Waals surface area contributed by atoms with Gasteiger partial charge in [0.25, 0.3) is 0 Å². The van der Waals surface area contributed by atoms with E-state index in [2.05, 4.69) is 10.3 Å². The molecule has 0 spiro atoms. The summed E-state index contributed by atoms with van der Waals surface area (Å²) in [5, 5.41) is 2.77. The predicted molar refractivity (Wildman–Crippen MR) is 93.3 cm³/mol. The molecule has 1 aliphatic heterocycles. The molecule has 2 atom stereocenters. The Morgan fingerprint density at radius 3 is 2.60 bits per heavy atom. The van der Waals surface area contributed by atoms with Crippen molar-refractivity contribution < 1.29 is 23.8 Å². The molecule has 2 rings (SSSR count). The number of benzene rings is 1. The molecule has 0 fully saturated rings. The topological polar surface area (TPSA) is 86.2 Å². The van der Waals surface area contributed by atoms with Gasteiger partial charge in [-0.3, -0.25) is 4.79 Å². The average molecular weight is 348 g/mol. The third-order valence-electron chi connectivity index (χ3n) is 4.04. The predicted octanol–water partition coefficient (Wildman–Crippen LogP) is 2.89. The third kappa shape index (κ3) is 4.10. The minimum Gasteiger partial charge on any atom is -0.497 e. The molecule has 0 radical (unpaired) electrons. The number of hydrogen-bond donors (Lipinski definition) is 1. The summed E-state index contributed by atoms with van der Waals surface area (Å²) >= 11 is 0. The van der Waals surface area contributed by atoms with Crippen LogP contribution in [0.1, 0.15) is 38.3 Å². The first kappa shape index (κ1) is 18.8. The summed E-state index contributed by atoms with van der Waals surface area (Å²) in [5.41, 5.74) is 1.18. The number of methoxy groups -OCH3 is 2. The highest BCUT2D eigenvalue weighted by Gasteiger charge is 2.40. The molecular weight excluding hydrogens is 324 g/mol. The molecule has 7 heteroatoms. The van der Waals surface area contributed by atoms with E-state index < -0.39 is 24.0 Å². The lowest BCUT2D eigenvalue weighted by Crippen LogP contribution is -2.45. The number of amides is 2. The highest BCUT2D eigenvalue weighted by atomic mass is 16.5. The van der Waals surface area contributed by atoms with E-state index in [1.165, 1.54) is 7.11 Å². The summed E-state index contributed by atoms with van der Waals surface area (Å²) in [6, 6.07) is 4.15. The largest absolute Gasteiger partial charge is 0.497 e. The maximum Gasteiger partial charge on any atom is 0.341 e. The van der Waals surface area contributed by atoms with Crippen molar-refractivity contribution in [3.8, 4) is 11.5 Å². The van der Waals surface area contributed by atoms with Crippen molar-refractivity contribution >= 4 is 17.7 Å². The van der Waals surface area contributed by atoms with Crippen molar-refractivity contribution in [1.29, 1.82) is 0 Å².